The van der Waals surface area contributed by atoms with Crippen LogP contribution < -0.4 is 10.9 Å². The highest BCUT2D eigenvalue weighted by atomic mass is 16.5. The summed E-state index contributed by atoms with van der Waals surface area (Å²) < 4.78 is 4.77. The predicted octanol–water partition coefficient (Wildman–Crippen LogP) is 0.0774. The number of hydrogen-bond donors (Lipinski definition) is 2. The Balaban J connectivity index is 2.50. The van der Waals surface area contributed by atoms with Crippen molar-refractivity contribution in [3.63, 3.8) is 0 Å². The van der Waals surface area contributed by atoms with Crippen LogP contribution in [0, 0.1) is 0 Å². The zero-order valence-electron chi connectivity index (χ0n) is 5.81. The Morgan fingerprint density at radius 2 is 2.60 bits per heavy atom. The lowest BCUT2D eigenvalue weighted by Crippen LogP contribution is -2.11. The smallest absolute Gasteiger partial charge is 0.280 e. The maximum absolute atomic E-state index is 10.5. The summed E-state index contributed by atoms with van der Waals surface area (Å²) in [5, 5.41) is 5.23. The average molecular weight is 142 g/mol. The number of H-pyrrole nitrogens is 1. The summed E-state index contributed by atoms with van der Waals surface area (Å²) in [6.07, 6.45) is 0. The number of hydrogen-bond acceptors (Lipinski definition) is 3. The van der Waals surface area contributed by atoms with Crippen LogP contribution in [-0.4, -0.2) is 11.7 Å². The third-order valence-electron chi connectivity index (χ3n) is 1.12. The lowest BCUT2D eigenvalue weighted by Gasteiger charge is -1.92. The minimum Gasteiger partial charge on any atom is -0.382 e. The Hall–Kier alpha value is -1.03. The van der Waals surface area contributed by atoms with Crippen molar-refractivity contribution < 1.29 is 4.52 Å². The van der Waals surface area contributed by atoms with E-state index in [-0.39, 0.29) is 5.56 Å². The topological polar surface area (TPSA) is 58.0 Å². The number of rotatable bonds is 3. The van der Waals surface area contributed by atoms with Crippen LogP contribution >= 0.6 is 0 Å². The van der Waals surface area contributed by atoms with E-state index in [1.54, 1.807) is 0 Å². The van der Waals surface area contributed by atoms with Crippen molar-refractivity contribution in [2.75, 3.05) is 6.54 Å². The lowest BCUT2D eigenvalue weighted by atomic mass is 10.4. The molecule has 0 radical (unpaired) electrons. The summed E-state index contributed by atoms with van der Waals surface area (Å²) in [5.41, 5.74) is -0.187. The van der Waals surface area contributed by atoms with Crippen molar-refractivity contribution in [3.8, 4) is 0 Å². The molecule has 0 aliphatic carbocycles. The Morgan fingerprint density at radius 3 is 3.10 bits per heavy atom. The third kappa shape index (κ3) is 1.73. The van der Waals surface area contributed by atoms with Crippen molar-refractivity contribution >= 4 is 0 Å². The monoisotopic (exact) mass is 142 g/mol. The first kappa shape index (κ1) is 7.08. The van der Waals surface area contributed by atoms with Gasteiger partial charge in [-0.05, 0) is 6.54 Å². The van der Waals surface area contributed by atoms with Gasteiger partial charge in [-0.25, -0.2) is 0 Å². The van der Waals surface area contributed by atoms with Crippen molar-refractivity contribution in [2.45, 2.75) is 13.5 Å². The van der Waals surface area contributed by atoms with Gasteiger partial charge in [0.05, 0.1) is 6.54 Å². The quantitative estimate of drug-likeness (QED) is 0.628. The van der Waals surface area contributed by atoms with E-state index in [0.717, 1.165) is 6.54 Å². The molecule has 0 atom stereocenters. The third-order valence-corrected chi connectivity index (χ3v) is 1.12. The molecule has 10 heavy (non-hydrogen) atoms. The van der Waals surface area contributed by atoms with Gasteiger partial charge in [0.2, 0.25) is 0 Å². The summed E-state index contributed by atoms with van der Waals surface area (Å²) in [5.74, 6) is 0.645. The van der Waals surface area contributed by atoms with Crippen LogP contribution in [0.4, 0.5) is 0 Å². The second-order valence-corrected chi connectivity index (χ2v) is 1.96. The van der Waals surface area contributed by atoms with E-state index in [0.29, 0.717) is 12.3 Å². The molecule has 4 heteroatoms. The van der Waals surface area contributed by atoms with E-state index in [4.69, 9.17) is 4.52 Å². The predicted molar refractivity (Wildman–Crippen MR) is 36.7 cm³/mol. The fraction of sp³-hybridized carbons (Fsp3) is 0.500. The molecule has 0 bridgehead atoms. The first-order valence-corrected chi connectivity index (χ1v) is 3.21. The molecule has 0 saturated heterocycles. The van der Waals surface area contributed by atoms with Crippen LogP contribution in [0.3, 0.4) is 0 Å². The van der Waals surface area contributed by atoms with Crippen molar-refractivity contribution in [2.24, 2.45) is 0 Å². The van der Waals surface area contributed by atoms with Gasteiger partial charge < -0.3 is 9.84 Å². The van der Waals surface area contributed by atoms with Crippen LogP contribution in [0.15, 0.2) is 15.4 Å². The largest absolute Gasteiger partial charge is 0.382 e. The first-order chi connectivity index (χ1) is 4.83. The van der Waals surface area contributed by atoms with Crippen LogP contribution in [-0.2, 0) is 6.54 Å². The second kappa shape index (κ2) is 3.22. The highest BCUT2D eigenvalue weighted by molar-refractivity contribution is 4.92. The van der Waals surface area contributed by atoms with E-state index < -0.39 is 0 Å². The van der Waals surface area contributed by atoms with Crippen molar-refractivity contribution in [3.05, 3.63) is 22.2 Å². The number of aromatic amines is 1. The average Bonchev–Trinajstić information content (AvgIpc) is 2.31. The van der Waals surface area contributed by atoms with E-state index in [9.17, 15) is 4.79 Å². The van der Waals surface area contributed by atoms with E-state index in [2.05, 4.69) is 10.5 Å². The minimum absolute atomic E-state index is 0.187. The van der Waals surface area contributed by atoms with Gasteiger partial charge in [-0.15, -0.1) is 0 Å². The second-order valence-electron chi connectivity index (χ2n) is 1.96. The van der Waals surface area contributed by atoms with Crippen molar-refractivity contribution in [1.29, 1.82) is 0 Å². The lowest BCUT2D eigenvalue weighted by molar-refractivity contribution is 0.370. The minimum atomic E-state index is -0.187. The normalized spacial score (nSPS) is 10.1. The summed E-state index contributed by atoms with van der Waals surface area (Å²) in [7, 11) is 0. The number of nitrogens with one attached hydrogen (secondary N) is 2. The zero-order chi connectivity index (χ0) is 7.40. The molecule has 0 unspecified atom stereocenters. The molecule has 2 N–H and O–H groups in total. The van der Waals surface area contributed by atoms with Crippen LogP contribution in [0.5, 0.6) is 0 Å². The van der Waals surface area contributed by atoms with Gasteiger partial charge in [0, 0.05) is 6.07 Å². The Labute approximate surface area is 58.2 Å². The molecule has 0 saturated carbocycles. The molecule has 0 amide bonds. The molecule has 4 nitrogen and oxygen atoms in total. The van der Waals surface area contributed by atoms with Gasteiger partial charge in [-0.2, -0.15) is 5.16 Å². The van der Waals surface area contributed by atoms with Crippen LogP contribution in [0.25, 0.3) is 0 Å². The molecular formula is C6H10N2O2. The molecule has 1 aromatic rings. The molecule has 1 aromatic heterocycles. The standard InChI is InChI=1S/C6H10N2O2/c1-2-7-4-5-3-6(9)8-10-5/h3,7H,2,4H2,1H3,(H,8,9). The van der Waals surface area contributed by atoms with Crippen LogP contribution in [0.2, 0.25) is 0 Å². The van der Waals surface area contributed by atoms with Gasteiger partial charge in [-0.1, -0.05) is 6.92 Å². The SMILES string of the molecule is CCNCc1cc(=O)[nH]o1. The fourth-order valence-corrected chi connectivity index (χ4v) is 0.656. The summed E-state index contributed by atoms with van der Waals surface area (Å²) >= 11 is 0. The van der Waals surface area contributed by atoms with Crippen LogP contribution in [0.1, 0.15) is 12.7 Å². The first-order valence-electron chi connectivity index (χ1n) is 3.21. The fourth-order valence-electron chi connectivity index (χ4n) is 0.656. The molecule has 0 spiro atoms. The van der Waals surface area contributed by atoms with E-state index in [1.165, 1.54) is 6.07 Å². The van der Waals surface area contributed by atoms with Gasteiger partial charge in [0.1, 0.15) is 0 Å². The van der Waals surface area contributed by atoms with Gasteiger partial charge in [0.25, 0.3) is 5.56 Å². The van der Waals surface area contributed by atoms with E-state index in [1.807, 2.05) is 6.92 Å². The molecule has 56 valence electrons. The van der Waals surface area contributed by atoms with Gasteiger partial charge in [-0.3, -0.25) is 4.79 Å². The van der Waals surface area contributed by atoms with Gasteiger partial charge in [0.15, 0.2) is 5.76 Å². The zero-order valence-corrected chi connectivity index (χ0v) is 5.81. The summed E-state index contributed by atoms with van der Waals surface area (Å²) in [6.45, 7) is 3.47. The molecule has 0 aliphatic heterocycles. The number of aromatic nitrogens is 1. The Kier molecular flexibility index (Phi) is 2.28. The maximum Gasteiger partial charge on any atom is 0.280 e. The Morgan fingerprint density at radius 1 is 1.80 bits per heavy atom. The molecule has 0 aliphatic rings. The van der Waals surface area contributed by atoms with E-state index >= 15 is 0 Å². The van der Waals surface area contributed by atoms with Gasteiger partial charge >= 0.3 is 0 Å². The molecule has 1 heterocycles. The Bertz CT molecular complexity index is 238. The highest BCUT2D eigenvalue weighted by Crippen LogP contribution is 1.89. The molecule has 1 rings (SSSR count). The summed E-state index contributed by atoms with van der Waals surface area (Å²) in [4.78, 5) is 10.5. The summed E-state index contributed by atoms with van der Waals surface area (Å²) in [6, 6.07) is 1.43. The molecular weight excluding hydrogens is 132 g/mol. The molecule has 0 fully saturated rings. The maximum atomic E-state index is 10.5. The molecule has 0 aromatic carbocycles. The highest BCUT2D eigenvalue weighted by Gasteiger charge is 1.95. The van der Waals surface area contributed by atoms with Crippen molar-refractivity contribution in [1.82, 2.24) is 10.5 Å².